The van der Waals surface area contributed by atoms with Gasteiger partial charge in [-0.25, -0.2) is 4.98 Å². The van der Waals surface area contributed by atoms with Crippen LogP contribution >= 0.6 is 0 Å². The molecule has 0 bridgehead atoms. The van der Waals surface area contributed by atoms with Crippen LogP contribution in [0.3, 0.4) is 0 Å². The van der Waals surface area contributed by atoms with Crippen molar-refractivity contribution in [2.45, 2.75) is 20.0 Å². The van der Waals surface area contributed by atoms with Crippen molar-refractivity contribution in [1.29, 1.82) is 0 Å². The summed E-state index contributed by atoms with van der Waals surface area (Å²) in [5.41, 5.74) is 2.05. The predicted octanol–water partition coefficient (Wildman–Crippen LogP) is 3.54. The smallest absolute Gasteiger partial charge is 0.303 e. The SMILES string of the molecule is Cc1cc(NC(=O)C(F)(F)F)n(-c2cc(C)c3ccccc3n2)n1. The highest BCUT2D eigenvalue weighted by Gasteiger charge is 2.39. The van der Waals surface area contributed by atoms with Gasteiger partial charge in [0.05, 0.1) is 11.2 Å². The number of nitrogens with zero attached hydrogens (tertiary/aromatic N) is 3. The van der Waals surface area contributed by atoms with E-state index in [1.165, 1.54) is 10.7 Å². The van der Waals surface area contributed by atoms with Crippen molar-refractivity contribution in [1.82, 2.24) is 14.8 Å². The van der Waals surface area contributed by atoms with Gasteiger partial charge in [0.1, 0.15) is 5.82 Å². The number of aryl methyl sites for hydroxylation is 2. The number of benzene rings is 1. The molecule has 0 radical (unpaired) electrons. The minimum absolute atomic E-state index is 0.0861. The molecule has 1 aromatic carbocycles. The third-order valence-electron chi connectivity index (χ3n) is 3.46. The predicted molar refractivity (Wildman–Crippen MR) is 83.0 cm³/mol. The zero-order valence-electron chi connectivity index (χ0n) is 12.8. The minimum Gasteiger partial charge on any atom is -0.303 e. The molecule has 2 heterocycles. The topological polar surface area (TPSA) is 59.8 Å². The van der Waals surface area contributed by atoms with Crippen molar-refractivity contribution in [3.63, 3.8) is 0 Å². The summed E-state index contributed by atoms with van der Waals surface area (Å²) in [6, 6.07) is 10.5. The number of para-hydroxylation sites is 1. The highest BCUT2D eigenvalue weighted by molar-refractivity contribution is 5.94. The number of aromatic nitrogens is 3. The standard InChI is InChI=1S/C16H13F3N4O/c1-9-7-13(20-12-6-4-3-5-11(9)12)23-14(8-10(2)22-23)21-15(24)16(17,18)19/h3-8H,1-2H3,(H,21,24). The summed E-state index contributed by atoms with van der Waals surface area (Å²) in [6.07, 6.45) is -4.98. The summed E-state index contributed by atoms with van der Waals surface area (Å²) in [4.78, 5) is 15.6. The molecule has 1 N–H and O–H groups in total. The number of carbonyl (C=O) groups is 1. The Balaban J connectivity index is 2.09. The summed E-state index contributed by atoms with van der Waals surface area (Å²) in [7, 11) is 0. The van der Waals surface area contributed by atoms with Gasteiger partial charge in [0.25, 0.3) is 0 Å². The zero-order chi connectivity index (χ0) is 17.5. The Bertz CT molecular complexity index is 931. The Kier molecular flexibility index (Phi) is 3.75. The lowest BCUT2D eigenvalue weighted by Crippen LogP contribution is -2.30. The maximum absolute atomic E-state index is 12.5. The molecule has 0 spiro atoms. The lowest BCUT2D eigenvalue weighted by atomic mass is 10.1. The molecule has 0 atom stereocenters. The molecule has 5 nitrogen and oxygen atoms in total. The lowest BCUT2D eigenvalue weighted by molar-refractivity contribution is -0.167. The molecule has 2 aromatic heterocycles. The molecule has 3 aromatic rings. The first-order chi connectivity index (χ1) is 11.3. The molecular weight excluding hydrogens is 321 g/mol. The summed E-state index contributed by atoms with van der Waals surface area (Å²) in [6.45, 7) is 3.49. The summed E-state index contributed by atoms with van der Waals surface area (Å²) in [5.74, 6) is -1.81. The number of hydrogen-bond donors (Lipinski definition) is 1. The minimum atomic E-state index is -4.98. The second-order valence-corrected chi connectivity index (χ2v) is 5.35. The Morgan fingerprint density at radius 3 is 2.58 bits per heavy atom. The Morgan fingerprint density at radius 1 is 1.17 bits per heavy atom. The fraction of sp³-hybridized carbons (Fsp3) is 0.188. The number of pyridine rings is 1. The van der Waals surface area contributed by atoms with Crippen molar-refractivity contribution in [3.05, 3.63) is 47.7 Å². The molecule has 0 saturated carbocycles. The number of amides is 1. The highest BCUT2D eigenvalue weighted by Crippen LogP contribution is 2.24. The van der Waals surface area contributed by atoms with Gasteiger partial charge >= 0.3 is 12.1 Å². The number of fused-ring (bicyclic) bond motifs is 1. The number of anilines is 1. The molecule has 1 amide bonds. The van der Waals surface area contributed by atoms with E-state index in [0.717, 1.165) is 10.9 Å². The van der Waals surface area contributed by atoms with Crippen LogP contribution in [0, 0.1) is 13.8 Å². The molecule has 8 heteroatoms. The van der Waals surface area contributed by atoms with Crippen LogP contribution < -0.4 is 5.32 Å². The van der Waals surface area contributed by atoms with Crippen LogP contribution in [0.2, 0.25) is 0 Å². The molecule has 0 aliphatic heterocycles. The first kappa shape index (κ1) is 16.0. The maximum Gasteiger partial charge on any atom is 0.471 e. The second kappa shape index (κ2) is 5.63. The first-order valence-corrected chi connectivity index (χ1v) is 7.07. The van der Waals surface area contributed by atoms with Crippen molar-refractivity contribution < 1.29 is 18.0 Å². The fourth-order valence-electron chi connectivity index (χ4n) is 2.39. The fourth-order valence-corrected chi connectivity index (χ4v) is 2.39. The van der Waals surface area contributed by atoms with E-state index in [1.54, 1.807) is 19.1 Å². The number of hydrogen-bond acceptors (Lipinski definition) is 3. The van der Waals surface area contributed by atoms with Crippen molar-refractivity contribution in [3.8, 4) is 5.82 Å². The molecule has 0 unspecified atom stereocenters. The van der Waals surface area contributed by atoms with E-state index >= 15 is 0 Å². The molecule has 0 fully saturated rings. The number of rotatable bonds is 2. The molecule has 0 aliphatic rings. The average molecular weight is 334 g/mol. The Hall–Kier alpha value is -2.90. The van der Waals surface area contributed by atoms with Crippen molar-refractivity contribution in [2.24, 2.45) is 0 Å². The van der Waals surface area contributed by atoms with Gasteiger partial charge in [-0.1, -0.05) is 18.2 Å². The molecule has 124 valence electrons. The summed E-state index contributed by atoms with van der Waals surface area (Å²) < 4.78 is 38.7. The summed E-state index contributed by atoms with van der Waals surface area (Å²) >= 11 is 0. The maximum atomic E-state index is 12.5. The van der Waals surface area contributed by atoms with Gasteiger partial charge in [0, 0.05) is 11.5 Å². The van der Waals surface area contributed by atoms with E-state index in [1.807, 2.05) is 30.4 Å². The Morgan fingerprint density at radius 2 is 1.88 bits per heavy atom. The van der Waals surface area contributed by atoms with Crippen LogP contribution in [0.1, 0.15) is 11.3 Å². The largest absolute Gasteiger partial charge is 0.471 e. The number of nitrogens with one attached hydrogen (secondary N) is 1. The molecular formula is C16H13F3N4O. The average Bonchev–Trinajstić information content (AvgIpc) is 2.87. The van der Waals surface area contributed by atoms with E-state index in [2.05, 4.69) is 10.1 Å². The third-order valence-corrected chi connectivity index (χ3v) is 3.46. The van der Waals surface area contributed by atoms with Gasteiger partial charge in [-0.05, 0) is 31.5 Å². The third kappa shape index (κ3) is 2.94. The number of alkyl halides is 3. The van der Waals surface area contributed by atoms with Gasteiger partial charge in [0.15, 0.2) is 5.82 Å². The molecule has 3 rings (SSSR count). The zero-order valence-corrected chi connectivity index (χ0v) is 12.8. The van der Waals surface area contributed by atoms with E-state index in [9.17, 15) is 18.0 Å². The van der Waals surface area contributed by atoms with Gasteiger partial charge in [0.2, 0.25) is 0 Å². The monoisotopic (exact) mass is 334 g/mol. The normalized spacial score (nSPS) is 11.7. The molecule has 0 saturated heterocycles. The van der Waals surface area contributed by atoms with E-state index < -0.39 is 12.1 Å². The second-order valence-electron chi connectivity index (χ2n) is 5.35. The van der Waals surface area contributed by atoms with Gasteiger partial charge in [-0.2, -0.15) is 23.0 Å². The van der Waals surface area contributed by atoms with Gasteiger partial charge < -0.3 is 5.32 Å². The lowest BCUT2D eigenvalue weighted by Gasteiger charge is -2.11. The molecule has 0 aliphatic carbocycles. The van der Waals surface area contributed by atoms with Crippen LogP contribution in [-0.2, 0) is 4.79 Å². The Labute approximate surface area is 135 Å². The van der Waals surface area contributed by atoms with Crippen LogP contribution in [0.25, 0.3) is 16.7 Å². The van der Waals surface area contributed by atoms with Crippen LogP contribution in [0.4, 0.5) is 19.0 Å². The van der Waals surface area contributed by atoms with Crippen LogP contribution in [0.15, 0.2) is 36.4 Å². The van der Waals surface area contributed by atoms with E-state index in [4.69, 9.17) is 0 Å². The van der Waals surface area contributed by atoms with Gasteiger partial charge in [-0.3, -0.25) is 4.79 Å². The van der Waals surface area contributed by atoms with Crippen LogP contribution in [0.5, 0.6) is 0 Å². The molecule has 24 heavy (non-hydrogen) atoms. The van der Waals surface area contributed by atoms with E-state index in [-0.39, 0.29) is 5.82 Å². The number of carbonyl (C=O) groups excluding carboxylic acids is 1. The highest BCUT2D eigenvalue weighted by atomic mass is 19.4. The summed E-state index contributed by atoms with van der Waals surface area (Å²) in [5, 5.41) is 6.91. The number of halogens is 3. The van der Waals surface area contributed by atoms with Crippen molar-refractivity contribution in [2.75, 3.05) is 5.32 Å². The quantitative estimate of drug-likeness (QED) is 0.780. The van der Waals surface area contributed by atoms with Crippen molar-refractivity contribution >= 4 is 22.6 Å². The van der Waals surface area contributed by atoms with E-state index in [0.29, 0.717) is 17.0 Å². The van der Waals surface area contributed by atoms with Crippen LogP contribution in [-0.4, -0.2) is 26.8 Å². The first-order valence-electron chi connectivity index (χ1n) is 7.07. The van der Waals surface area contributed by atoms with Gasteiger partial charge in [-0.15, -0.1) is 0 Å².